The Bertz CT molecular complexity index is 2050. The van der Waals surface area contributed by atoms with Crippen LogP contribution >= 0.6 is 0 Å². The van der Waals surface area contributed by atoms with Crippen LogP contribution in [-0.2, 0) is 19.4 Å². The van der Waals surface area contributed by atoms with E-state index in [1.165, 1.54) is 12.2 Å². The molecule has 0 aliphatic carbocycles. The summed E-state index contributed by atoms with van der Waals surface area (Å²) in [6.07, 6.45) is 6.48. The number of anilines is 2. The molecule has 0 bridgehead atoms. The lowest BCUT2D eigenvalue weighted by molar-refractivity contribution is -0.112. The number of benzene rings is 6. The van der Waals surface area contributed by atoms with E-state index in [2.05, 4.69) is 10.6 Å². The van der Waals surface area contributed by atoms with Gasteiger partial charge in [-0.3, -0.25) is 9.59 Å². The fourth-order valence-electron chi connectivity index (χ4n) is 5.12. The van der Waals surface area contributed by atoms with Crippen molar-refractivity contribution >= 4 is 45.2 Å². The zero-order valence-electron chi connectivity index (χ0n) is 26.4. The predicted octanol–water partition coefficient (Wildman–Crippen LogP) is 9.16. The maximum atomic E-state index is 13.4. The summed E-state index contributed by atoms with van der Waals surface area (Å²) in [6, 6.07) is 47.4. The highest BCUT2D eigenvalue weighted by molar-refractivity contribution is 7.91. The van der Waals surface area contributed by atoms with Crippen LogP contribution in [0, 0.1) is 0 Å². The second-order valence-electron chi connectivity index (χ2n) is 11.2. The van der Waals surface area contributed by atoms with Crippen LogP contribution in [0.3, 0.4) is 0 Å². The van der Waals surface area contributed by atoms with Crippen LogP contribution in [0.25, 0.3) is 34.4 Å². The molecule has 6 rings (SSSR count). The number of rotatable bonds is 10. The largest absolute Gasteiger partial charge is 0.323 e. The van der Waals surface area contributed by atoms with Gasteiger partial charge in [0.15, 0.2) is 0 Å². The van der Waals surface area contributed by atoms with Gasteiger partial charge in [-0.05, 0) is 94.1 Å². The fourth-order valence-corrected chi connectivity index (χ4v) is 6.38. The Morgan fingerprint density at radius 1 is 0.408 bits per heavy atom. The van der Waals surface area contributed by atoms with Gasteiger partial charge in [0.25, 0.3) is 0 Å². The molecule has 0 fully saturated rings. The summed E-state index contributed by atoms with van der Waals surface area (Å²) in [5, 5.41) is 5.70. The normalized spacial score (nSPS) is 11.4. The van der Waals surface area contributed by atoms with Crippen LogP contribution in [0.1, 0.15) is 11.1 Å². The number of hydrogen-bond acceptors (Lipinski definition) is 4. The van der Waals surface area contributed by atoms with Crippen LogP contribution in [0.5, 0.6) is 0 Å². The van der Waals surface area contributed by atoms with E-state index in [0.717, 1.165) is 33.4 Å². The molecule has 6 aromatic rings. The van der Waals surface area contributed by atoms with E-state index in [0.29, 0.717) is 11.4 Å². The Hall–Kier alpha value is -6.31. The SMILES string of the molecule is O=C(C=Cc1ccccc1)Nc1ccc(-c2ccc(S(=O)(=O)c3ccc(-c4ccc(NC(=O)C=Cc5ccccc5)cc4)cc3)cc2)cc1. The summed E-state index contributed by atoms with van der Waals surface area (Å²) in [4.78, 5) is 25.0. The van der Waals surface area contributed by atoms with E-state index in [9.17, 15) is 18.0 Å². The predicted molar refractivity (Wildman–Crippen MR) is 197 cm³/mol. The Labute approximate surface area is 286 Å². The molecular weight excluding hydrogens is 629 g/mol. The van der Waals surface area contributed by atoms with E-state index >= 15 is 0 Å². The monoisotopic (exact) mass is 660 g/mol. The van der Waals surface area contributed by atoms with E-state index in [4.69, 9.17) is 0 Å². The van der Waals surface area contributed by atoms with Crippen molar-refractivity contribution in [2.24, 2.45) is 0 Å². The second kappa shape index (κ2) is 15.1. The second-order valence-corrected chi connectivity index (χ2v) is 13.1. The quantitative estimate of drug-likeness (QED) is 0.143. The van der Waals surface area contributed by atoms with Gasteiger partial charge in [-0.15, -0.1) is 0 Å². The van der Waals surface area contributed by atoms with Crippen LogP contribution in [0.4, 0.5) is 11.4 Å². The van der Waals surface area contributed by atoms with Gasteiger partial charge >= 0.3 is 0 Å². The summed E-state index contributed by atoms with van der Waals surface area (Å²) in [5.74, 6) is -0.462. The lowest BCUT2D eigenvalue weighted by Gasteiger charge is -2.09. The van der Waals surface area contributed by atoms with Gasteiger partial charge in [0.1, 0.15) is 0 Å². The third-order valence-corrected chi connectivity index (χ3v) is 9.54. The number of amides is 2. The highest BCUT2D eigenvalue weighted by Crippen LogP contribution is 2.28. The van der Waals surface area contributed by atoms with Gasteiger partial charge in [-0.25, -0.2) is 8.42 Å². The lowest BCUT2D eigenvalue weighted by Crippen LogP contribution is -2.07. The van der Waals surface area contributed by atoms with Gasteiger partial charge in [0.05, 0.1) is 9.79 Å². The number of sulfone groups is 1. The summed E-state index contributed by atoms with van der Waals surface area (Å²) in [6.45, 7) is 0. The number of nitrogens with one attached hydrogen (secondary N) is 2. The molecule has 2 amide bonds. The van der Waals surface area contributed by atoms with Gasteiger partial charge in [0.2, 0.25) is 21.7 Å². The van der Waals surface area contributed by atoms with Crippen molar-refractivity contribution in [2.45, 2.75) is 9.79 Å². The molecule has 0 unspecified atom stereocenters. The maximum Gasteiger partial charge on any atom is 0.248 e. The van der Waals surface area contributed by atoms with Crippen molar-refractivity contribution in [3.63, 3.8) is 0 Å². The Balaban J connectivity index is 1.06. The topological polar surface area (TPSA) is 92.3 Å². The first-order chi connectivity index (χ1) is 23.8. The first-order valence-electron chi connectivity index (χ1n) is 15.6. The Morgan fingerprint density at radius 2 is 0.714 bits per heavy atom. The van der Waals surface area contributed by atoms with Crippen molar-refractivity contribution in [3.8, 4) is 22.3 Å². The smallest absolute Gasteiger partial charge is 0.248 e. The van der Waals surface area contributed by atoms with Gasteiger partial charge < -0.3 is 10.6 Å². The first-order valence-corrected chi connectivity index (χ1v) is 17.1. The molecule has 6 aromatic carbocycles. The minimum absolute atomic E-state index is 0.194. The number of carbonyl (C=O) groups is 2. The Kier molecular flexibility index (Phi) is 10.0. The molecule has 0 saturated carbocycles. The zero-order valence-corrected chi connectivity index (χ0v) is 27.2. The highest BCUT2D eigenvalue weighted by atomic mass is 32.2. The van der Waals surface area contributed by atoms with Gasteiger partial charge in [0, 0.05) is 23.5 Å². The molecule has 0 saturated heterocycles. The van der Waals surface area contributed by atoms with E-state index < -0.39 is 9.84 Å². The van der Waals surface area contributed by atoms with Crippen LogP contribution in [0.15, 0.2) is 180 Å². The molecule has 0 atom stereocenters. The zero-order chi connectivity index (χ0) is 34.1. The first kappa shape index (κ1) is 32.6. The highest BCUT2D eigenvalue weighted by Gasteiger charge is 2.18. The minimum Gasteiger partial charge on any atom is -0.323 e. The van der Waals surface area contributed by atoms with Crippen molar-refractivity contribution in [3.05, 3.63) is 181 Å². The lowest BCUT2D eigenvalue weighted by atomic mass is 10.1. The summed E-state index contributed by atoms with van der Waals surface area (Å²) in [7, 11) is -3.74. The van der Waals surface area contributed by atoms with Crippen LogP contribution < -0.4 is 10.6 Å². The van der Waals surface area contributed by atoms with Crippen molar-refractivity contribution < 1.29 is 18.0 Å². The van der Waals surface area contributed by atoms with Crippen molar-refractivity contribution in [1.82, 2.24) is 0 Å². The maximum absolute atomic E-state index is 13.4. The molecule has 0 aliphatic heterocycles. The van der Waals surface area contributed by atoms with Gasteiger partial charge in [-0.2, -0.15) is 0 Å². The van der Waals surface area contributed by atoms with E-state index in [1.54, 1.807) is 60.7 Å². The molecule has 0 radical (unpaired) electrons. The van der Waals surface area contributed by atoms with Crippen molar-refractivity contribution in [1.29, 1.82) is 0 Å². The Morgan fingerprint density at radius 3 is 1.04 bits per heavy atom. The molecule has 0 aliphatic rings. The molecule has 240 valence electrons. The number of hydrogen-bond donors (Lipinski definition) is 2. The molecule has 49 heavy (non-hydrogen) atoms. The summed E-state index contributed by atoms with van der Waals surface area (Å²) >= 11 is 0. The molecule has 7 heteroatoms. The summed E-state index contributed by atoms with van der Waals surface area (Å²) in [5.41, 5.74) is 6.67. The molecule has 2 N–H and O–H groups in total. The molecule has 0 aromatic heterocycles. The van der Waals surface area contributed by atoms with Crippen LogP contribution in [0.2, 0.25) is 0 Å². The molecule has 0 heterocycles. The summed E-state index contributed by atoms with van der Waals surface area (Å²) < 4.78 is 26.8. The third-order valence-electron chi connectivity index (χ3n) is 7.75. The number of carbonyl (C=O) groups excluding carboxylic acids is 2. The third kappa shape index (κ3) is 8.54. The van der Waals surface area contributed by atoms with Crippen molar-refractivity contribution in [2.75, 3.05) is 10.6 Å². The van der Waals surface area contributed by atoms with E-state index in [-0.39, 0.29) is 21.6 Å². The standard InChI is InChI=1S/C42H32N2O4S/c45-41(29-11-31-7-3-1-4-8-31)43-37-21-13-33(14-22-37)35-17-25-39(26-18-35)49(47,48)40-27-19-36(20-28-40)34-15-23-38(24-16-34)44-42(46)30-12-32-9-5-2-6-10-32/h1-30H,(H,43,45)(H,44,46). The molecule has 6 nitrogen and oxygen atoms in total. The minimum atomic E-state index is -3.74. The van der Waals surface area contributed by atoms with E-state index in [1.807, 2.05) is 109 Å². The molecule has 0 spiro atoms. The van der Waals surface area contributed by atoms with Crippen LogP contribution in [-0.4, -0.2) is 20.2 Å². The molecular formula is C42H32N2O4S. The average Bonchev–Trinajstić information content (AvgIpc) is 3.15. The van der Waals surface area contributed by atoms with Gasteiger partial charge in [-0.1, -0.05) is 109 Å². The fraction of sp³-hybridized carbons (Fsp3) is 0. The average molecular weight is 661 g/mol.